The number of benzene rings is 2. The van der Waals surface area contributed by atoms with Crippen LogP contribution in [0.5, 0.6) is 5.75 Å². The highest BCUT2D eigenvalue weighted by Crippen LogP contribution is 2.22. The highest BCUT2D eigenvalue weighted by atomic mass is 35.5. The Balaban J connectivity index is 1.36. The van der Waals surface area contributed by atoms with Gasteiger partial charge in [-0.05, 0) is 56.5 Å². The minimum absolute atomic E-state index is 0.0261. The fourth-order valence-electron chi connectivity index (χ4n) is 3.42. The Bertz CT molecular complexity index is 879. The van der Waals surface area contributed by atoms with E-state index in [-0.39, 0.29) is 17.9 Å². The SMILES string of the molecule is Cc1ccc(OCCCC(=O)N2CCC(NC(=O)c3ccc(Cl)cc3Cl)CC2)cc1. The second-order valence-corrected chi connectivity index (χ2v) is 8.36. The van der Waals surface area contributed by atoms with Gasteiger partial charge in [0.1, 0.15) is 5.75 Å². The first-order valence-electron chi connectivity index (χ1n) is 10.2. The Labute approximate surface area is 187 Å². The predicted octanol–water partition coefficient (Wildman–Crippen LogP) is 4.88. The largest absolute Gasteiger partial charge is 0.494 e. The summed E-state index contributed by atoms with van der Waals surface area (Å²) in [5.74, 6) is 0.744. The number of piperidine rings is 1. The molecule has 0 unspecified atom stereocenters. The lowest BCUT2D eigenvalue weighted by atomic mass is 10.0. The van der Waals surface area contributed by atoms with E-state index in [0.29, 0.717) is 48.1 Å². The quantitative estimate of drug-likeness (QED) is 0.613. The normalized spacial score (nSPS) is 14.4. The first kappa shape index (κ1) is 22.4. The standard InChI is InChI=1S/C23H26Cl2N2O3/c1-16-4-7-19(8-5-16)30-14-2-3-22(28)27-12-10-18(11-13-27)26-23(29)20-9-6-17(24)15-21(20)25/h4-9,15,18H,2-3,10-14H2,1H3,(H,26,29). The molecule has 0 spiro atoms. The number of halogens is 2. The number of ether oxygens (including phenoxy) is 1. The molecule has 1 N–H and O–H groups in total. The lowest BCUT2D eigenvalue weighted by Gasteiger charge is -2.32. The number of aryl methyl sites for hydroxylation is 1. The average molecular weight is 449 g/mol. The number of hydrogen-bond acceptors (Lipinski definition) is 3. The van der Waals surface area contributed by atoms with Gasteiger partial charge in [-0.2, -0.15) is 0 Å². The van der Waals surface area contributed by atoms with Gasteiger partial charge in [0.2, 0.25) is 5.91 Å². The van der Waals surface area contributed by atoms with Crippen molar-refractivity contribution in [1.82, 2.24) is 10.2 Å². The van der Waals surface area contributed by atoms with Crippen molar-refractivity contribution < 1.29 is 14.3 Å². The van der Waals surface area contributed by atoms with Crippen LogP contribution in [0.25, 0.3) is 0 Å². The third-order valence-corrected chi connectivity index (χ3v) is 5.73. The van der Waals surface area contributed by atoms with E-state index in [1.165, 1.54) is 5.56 Å². The molecule has 1 aliphatic rings. The zero-order valence-electron chi connectivity index (χ0n) is 17.0. The Morgan fingerprint density at radius 3 is 2.47 bits per heavy atom. The van der Waals surface area contributed by atoms with Crippen molar-refractivity contribution >= 4 is 35.0 Å². The number of rotatable bonds is 7. The van der Waals surface area contributed by atoms with Gasteiger partial charge in [-0.3, -0.25) is 9.59 Å². The predicted molar refractivity (Wildman–Crippen MR) is 119 cm³/mol. The summed E-state index contributed by atoms with van der Waals surface area (Å²) in [4.78, 5) is 26.7. The molecule has 0 radical (unpaired) electrons. The molecule has 3 rings (SSSR count). The van der Waals surface area contributed by atoms with Gasteiger partial charge in [-0.25, -0.2) is 0 Å². The zero-order chi connectivity index (χ0) is 21.5. The van der Waals surface area contributed by atoms with Crippen LogP contribution in [0.3, 0.4) is 0 Å². The van der Waals surface area contributed by atoms with Gasteiger partial charge in [0.15, 0.2) is 0 Å². The Morgan fingerprint density at radius 1 is 1.10 bits per heavy atom. The van der Waals surface area contributed by atoms with Crippen LogP contribution < -0.4 is 10.1 Å². The van der Waals surface area contributed by atoms with Crippen LogP contribution in [0.2, 0.25) is 10.0 Å². The fourth-order valence-corrected chi connectivity index (χ4v) is 3.91. The summed E-state index contributed by atoms with van der Waals surface area (Å²) in [6, 6.07) is 12.7. The molecule has 1 aliphatic heterocycles. The molecule has 1 fully saturated rings. The van der Waals surface area contributed by atoms with Gasteiger partial charge in [0, 0.05) is 30.6 Å². The van der Waals surface area contributed by atoms with Crippen LogP contribution in [0.1, 0.15) is 41.6 Å². The minimum Gasteiger partial charge on any atom is -0.494 e. The lowest BCUT2D eigenvalue weighted by molar-refractivity contribution is -0.132. The van der Waals surface area contributed by atoms with Crippen LogP contribution >= 0.6 is 23.2 Å². The molecule has 7 heteroatoms. The first-order chi connectivity index (χ1) is 14.4. The number of amides is 2. The van der Waals surface area contributed by atoms with E-state index in [2.05, 4.69) is 5.32 Å². The van der Waals surface area contributed by atoms with Crippen LogP contribution in [-0.4, -0.2) is 42.5 Å². The molecule has 30 heavy (non-hydrogen) atoms. The molecule has 0 aliphatic carbocycles. The molecule has 160 valence electrons. The van der Waals surface area contributed by atoms with E-state index in [1.807, 2.05) is 36.1 Å². The third kappa shape index (κ3) is 6.38. The monoisotopic (exact) mass is 448 g/mol. The van der Waals surface area contributed by atoms with Crippen LogP contribution in [0, 0.1) is 6.92 Å². The van der Waals surface area contributed by atoms with Crippen molar-refractivity contribution in [2.45, 2.75) is 38.6 Å². The molecule has 2 aromatic rings. The zero-order valence-corrected chi connectivity index (χ0v) is 18.5. The van der Waals surface area contributed by atoms with Crippen LogP contribution in [-0.2, 0) is 4.79 Å². The van der Waals surface area contributed by atoms with Crippen molar-refractivity contribution in [2.24, 2.45) is 0 Å². The maximum atomic E-state index is 12.4. The topological polar surface area (TPSA) is 58.6 Å². The summed E-state index contributed by atoms with van der Waals surface area (Å²) < 4.78 is 5.68. The highest BCUT2D eigenvalue weighted by Gasteiger charge is 2.24. The van der Waals surface area contributed by atoms with Crippen molar-refractivity contribution in [3.8, 4) is 5.75 Å². The van der Waals surface area contributed by atoms with Gasteiger partial charge in [0.25, 0.3) is 5.91 Å². The molecule has 2 aromatic carbocycles. The van der Waals surface area contributed by atoms with Crippen molar-refractivity contribution in [3.05, 3.63) is 63.6 Å². The van der Waals surface area contributed by atoms with E-state index in [9.17, 15) is 9.59 Å². The van der Waals surface area contributed by atoms with Gasteiger partial charge in [-0.1, -0.05) is 40.9 Å². The molecule has 2 amide bonds. The molecule has 5 nitrogen and oxygen atoms in total. The van der Waals surface area contributed by atoms with Gasteiger partial charge >= 0.3 is 0 Å². The van der Waals surface area contributed by atoms with E-state index in [4.69, 9.17) is 27.9 Å². The molecule has 1 heterocycles. The number of hydrogen-bond donors (Lipinski definition) is 1. The van der Waals surface area contributed by atoms with Crippen LogP contribution in [0.15, 0.2) is 42.5 Å². The highest BCUT2D eigenvalue weighted by molar-refractivity contribution is 6.36. The smallest absolute Gasteiger partial charge is 0.253 e. The minimum atomic E-state index is -0.213. The lowest BCUT2D eigenvalue weighted by Crippen LogP contribution is -2.46. The van der Waals surface area contributed by atoms with E-state index >= 15 is 0 Å². The average Bonchev–Trinajstić information content (AvgIpc) is 2.72. The molecule has 0 aromatic heterocycles. The Morgan fingerprint density at radius 2 is 1.80 bits per heavy atom. The van der Waals surface area contributed by atoms with Crippen molar-refractivity contribution in [1.29, 1.82) is 0 Å². The van der Waals surface area contributed by atoms with E-state index < -0.39 is 0 Å². The summed E-state index contributed by atoms with van der Waals surface area (Å²) in [5.41, 5.74) is 1.60. The summed E-state index contributed by atoms with van der Waals surface area (Å²) in [6.45, 7) is 3.82. The first-order valence-corrected chi connectivity index (χ1v) is 10.9. The maximum absolute atomic E-state index is 12.4. The fraction of sp³-hybridized carbons (Fsp3) is 0.391. The molecule has 0 bridgehead atoms. The number of likely N-dealkylation sites (tertiary alicyclic amines) is 1. The number of nitrogens with zero attached hydrogens (tertiary/aromatic N) is 1. The van der Waals surface area contributed by atoms with Gasteiger partial charge in [0.05, 0.1) is 17.2 Å². The molecule has 0 atom stereocenters. The van der Waals surface area contributed by atoms with E-state index in [0.717, 1.165) is 18.6 Å². The second kappa shape index (κ2) is 10.7. The van der Waals surface area contributed by atoms with Crippen molar-refractivity contribution in [2.75, 3.05) is 19.7 Å². The summed E-state index contributed by atoms with van der Waals surface area (Å²) in [7, 11) is 0. The number of carbonyl (C=O) groups is 2. The number of carbonyl (C=O) groups excluding carboxylic acids is 2. The molecule has 1 saturated heterocycles. The van der Waals surface area contributed by atoms with E-state index in [1.54, 1.807) is 18.2 Å². The molecular formula is C23H26Cl2N2O3. The maximum Gasteiger partial charge on any atom is 0.253 e. The van der Waals surface area contributed by atoms with Gasteiger partial charge in [-0.15, -0.1) is 0 Å². The number of nitrogens with one attached hydrogen (secondary N) is 1. The summed E-state index contributed by atoms with van der Waals surface area (Å²) in [6.07, 6.45) is 2.59. The van der Waals surface area contributed by atoms with Gasteiger partial charge < -0.3 is 15.0 Å². The molecule has 0 saturated carbocycles. The Kier molecular flexibility index (Phi) is 8.00. The third-order valence-electron chi connectivity index (χ3n) is 5.18. The summed E-state index contributed by atoms with van der Waals surface area (Å²) >= 11 is 12.0. The summed E-state index contributed by atoms with van der Waals surface area (Å²) in [5, 5.41) is 3.83. The molecular weight excluding hydrogens is 423 g/mol. The second-order valence-electron chi connectivity index (χ2n) is 7.52. The Hall–Kier alpha value is -2.24. The van der Waals surface area contributed by atoms with Crippen molar-refractivity contribution in [3.63, 3.8) is 0 Å². The van der Waals surface area contributed by atoms with Crippen LogP contribution in [0.4, 0.5) is 0 Å².